The molecule has 0 fully saturated rings. The van der Waals surface area contributed by atoms with Gasteiger partial charge in [0.05, 0.1) is 24.4 Å². The largest absolute Gasteiger partial charge is 0.375 e. The Balaban J connectivity index is 4.73. The third kappa shape index (κ3) is 8.31. The first kappa shape index (κ1) is 23.9. The molecule has 146 valence electrons. The summed E-state index contributed by atoms with van der Waals surface area (Å²) in [4.78, 5) is 0. The molecule has 0 aromatic heterocycles. The fourth-order valence-corrected chi connectivity index (χ4v) is 3.21. The number of hydrogen-bond donors (Lipinski definition) is 1. The van der Waals surface area contributed by atoms with Crippen LogP contribution in [0.5, 0.6) is 0 Å². The molecule has 24 heavy (non-hydrogen) atoms. The van der Waals surface area contributed by atoms with Gasteiger partial charge in [0, 0.05) is 12.5 Å². The van der Waals surface area contributed by atoms with Crippen LogP contribution in [0.1, 0.15) is 100 Å². The van der Waals surface area contributed by atoms with E-state index in [1.54, 1.807) is 0 Å². The summed E-state index contributed by atoms with van der Waals surface area (Å²) in [6.45, 7) is 18.4. The van der Waals surface area contributed by atoms with Crippen molar-refractivity contribution in [3.05, 3.63) is 0 Å². The van der Waals surface area contributed by atoms with Crippen LogP contribution in [-0.4, -0.2) is 30.5 Å². The fourth-order valence-electron chi connectivity index (χ4n) is 3.21. The predicted octanol–water partition coefficient (Wildman–Crippen LogP) is 5.70. The Hall–Kier alpha value is -0.120. The Bertz CT molecular complexity index is 315. The summed E-state index contributed by atoms with van der Waals surface area (Å²) in [6.07, 6.45) is 8.35. The lowest BCUT2D eigenvalue weighted by Gasteiger charge is -2.39. The zero-order valence-corrected chi connectivity index (χ0v) is 17.8. The SMILES string of the molecule is CCCCC(CC)(CC)COC(C)(CC)CC(C)OC(C)C(C)N. The Morgan fingerprint density at radius 2 is 1.54 bits per heavy atom. The van der Waals surface area contributed by atoms with Gasteiger partial charge >= 0.3 is 0 Å². The highest BCUT2D eigenvalue weighted by Crippen LogP contribution is 2.36. The van der Waals surface area contributed by atoms with Crippen LogP contribution in [0.4, 0.5) is 0 Å². The summed E-state index contributed by atoms with van der Waals surface area (Å²) in [5, 5.41) is 0. The van der Waals surface area contributed by atoms with Crippen molar-refractivity contribution < 1.29 is 9.47 Å². The van der Waals surface area contributed by atoms with Crippen LogP contribution in [0.3, 0.4) is 0 Å². The molecule has 0 spiro atoms. The molecule has 0 aromatic rings. The quantitative estimate of drug-likeness (QED) is 0.440. The Morgan fingerprint density at radius 1 is 0.958 bits per heavy atom. The molecule has 0 aliphatic carbocycles. The molecule has 0 rings (SSSR count). The molecule has 0 aliphatic rings. The Morgan fingerprint density at radius 3 is 1.96 bits per heavy atom. The van der Waals surface area contributed by atoms with Crippen LogP contribution in [0.25, 0.3) is 0 Å². The van der Waals surface area contributed by atoms with Crippen molar-refractivity contribution in [3.63, 3.8) is 0 Å². The van der Waals surface area contributed by atoms with E-state index >= 15 is 0 Å². The molecule has 0 heterocycles. The van der Waals surface area contributed by atoms with Crippen molar-refractivity contribution in [1.82, 2.24) is 0 Å². The third-order valence-corrected chi connectivity index (χ3v) is 5.94. The lowest BCUT2D eigenvalue weighted by atomic mass is 9.78. The summed E-state index contributed by atoms with van der Waals surface area (Å²) < 4.78 is 12.6. The van der Waals surface area contributed by atoms with Crippen LogP contribution in [0.15, 0.2) is 0 Å². The van der Waals surface area contributed by atoms with Gasteiger partial charge in [0.2, 0.25) is 0 Å². The molecule has 4 unspecified atom stereocenters. The second kappa shape index (κ2) is 11.5. The zero-order valence-electron chi connectivity index (χ0n) is 17.8. The van der Waals surface area contributed by atoms with Gasteiger partial charge in [0.1, 0.15) is 0 Å². The summed E-state index contributed by atoms with van der Waals surface area (Å²) >= 11 is 0. The standard InChI is InChI=1S/C21H45NO2/c1-9-13-14-21(11-3,12-4)16-23-20(8,10-2)15-17(5)24-19(7)18(6)22/h17-19H,9-16,22H2,1-8H3. The van der Waals surface area contributed by atoms with E-state index in [0.29, 0.717) is 5.41 Å². The summed E-state index contributed by atoms with van der Waals surface area (Å²) in [6, 6.07) is 0.0585. The average Bonchev–Trinajstić information content (AvgIpc) is 2.55. The topological polar surface area (TPSA) is 44.5 Å². The van der Waals surface area contributed by atoms with Crippen molar-refractivity contribution in [3.8, 4) is 0 Å². The van der Waals surface area contributed by atoms with E-state index in [9.17, 15) is 0 Å². The van der Waals surface area contributed by atoms with E-state index in [0.717, 1.165) is 19.4 Å². The smallest absolute Gasteiger partial charge is 0.0698 e. The van der Waals surface area contributed by atoms with Crippen LogP contribution in [0, 0.1) is 5.41 Å². The van der Waals surface area contributed by atoms with E-state index in [4.69, 9.17) is 15.2 Å². The fraction of sp³-hybridized carbons (Fsp3) is 1.00. The maximum atomic E-state index is 6.52. The van der Waals surface area contributed by atoms with E-state index in [1.807, 2.05) is 6.92 Å². The van der Waals surface area contributed by atoms with Gasteiger partial charge in [-0.25, -0.2) is 0 Å². The lowest BCUT2D eigenvalue weighted by molar-refractivity contribution is -0.115. The van der Waals surface area contributed by atoms with Gasteiger partial charge in [0.15, 0.2) is 0 Å². The minimum absolute atomic E-state index is 0.0585. The summed E-state index contributed by atoms with van der Waals surface area (Å²) in [7, 11) is 0. The molecule has 4 atom stereocenters. The normalized spacial score (nSPS) is 18.9. The van der Waals surface area contributed by atoms with Crippen molar-refractivity contribution in [2.24, 2.45) is 11.1 Å². The first-order chi connectivity index (χ1) is 11.2. The number of ether oxygens (including phenoxy) is 2. The van der Waals surface area contributed by atoms with Gasteiger partial charge in [-0.05, 0) is 58.8 Å². The van der Waals surface area contributed by atoms with Gasteiger partial charge in [-0.15, -0.1) is 0 Å². The first-order valence-electron chi connectivity index (χ1n) is 10.2. The molecule has 0 saturated heterocycles. The highest BCUT2D eigenvalue weighted by molar-refractivity contribution is 4.82. The van der Waals surface area contributed by atoms with E-state index in [2.05, 4.69) is 48.5 Å². The molecular formula is C21H45NO2. The molecule has 0 bridgehead atoms. The molecule has 2 N–H and O–H groups in total. The van der Waals surface area contributed by atoms with Gasteiger partial charge < -0.3 is 15.2 Å². The zero-order chi connectivity index (χ0) is 18.8. The number of unbranched alkanes of at least 4 members (excludes halogenated alkanes) is 1. The van der Waals surface area contributed by atoms with Crippen LogP contribution in [0.2, 0.25) is 0 Å². The van der Waals surface area contributed by atoms with Crippen molar-refractivity contribution in [2.45, 2.75) is 124 Å². The number of hydrogen-bond acceptors (Lipinski definition) is 3. The molecule has 3 nitrogen and oxygen atoms in total. The molecule has 0 saturated carbocycles. The highest BCUT2D eigenvalue weighted by atomic mass is 16.5. The predicted molar refractivity (Wildman–Crippen MR) is 105 cm³/mol. The third-order valence-electron chi connectivity index (χ3n) is 5.94. The molecule has 3 heteroatoms. The number of rotatable bonds is 14. The molecule has 0 radical (unpaired) electrons. The van der Waals surface area contributed by atoms with Gasteiger partial charge in [0.25, 0.3) is 0 Å². The second-order valence-electron chi connectivity index (χ2n) is 8.12. The van der Waals surface area contributed by atoms with Crippen LogP contribution >= 0.6 is 0 Å². The first-order valence-corrected chi connectivity index (χ1v) is 10.2. The minimum atomic E-state index is -0.126. The van der Waals surface area contributed by atoms with E-state index < -0.39 is 0 Å². The molecular weight excluding hydrogens is 298 g/mol. The monoisotopic (exact) mass is 343 g/mol. The van der Waals surface area contributed by atoms with Crippen molar-refractivity contribution in [2.75, 3.05) is 6.61 Å². The van der Waals surface area contributed by atoms with Gasteiger partial charge in [-0.1, -0.05) is 40.5 Å². The highest BCUT2D eigenvalue weighted by Gasteiger charge is 2.32. The Labute approximate surface area is 152 Å². The maximum absolute atomic E-state index is 6.52. The summed E-state index contributed by atoms with van der Waals surface area (Å²) in [5.74, 6) is 0. The summed E-state index contributed by atoms with van der Waals surface area (Å²) in [5.41, 5.74) is 6.13. The van der Waals surface area contributed by atoms with Gasteiger partial charge in [-0.2, -0.15) is 0 Å². The van der Waals surface area contributed by atoms with Crippen LogP contribution in [-0.2, 0) is 9.47 Å². The van der Waals surface area contributed by atoms with E-state index in [1.165, 1.54) is 32.1 Å². The second-order valence-corrected chi connectivity index (χ2v) is 8.12. The van der Waals surface area contributed by atoms with Gasteiger partial charge in [-0.3, -0.25) is 0 Å². The Kier molecular flexibility index (Phi) is 11.4. The van der Waals surface area contributed by atoms with Crippen molar-refractivity contribution >= 4 is 0 Å². The maximum Gasteiger partial charge on any atom is 0.0698 e. The average molecular weight is 344 g/mol. The minimum Gasteiger partial charge on any atom is -0.375 e. The van der Waals surface area contributed by atoms with E-state index in [-0.39, 0.29) is 23.9 Å². The van der Waals surface area contributed by atoms with Crippen LogP contribution < -0.4 is 5.73 Å². The lowest BCUT2D eigenvalue weighted by Crippen LogP contribution is -2.40. The van der Waals surface area contributed by atoms with Crippen molar-refractivity contribution in [1.29, 1.82) is 0 Å². The number of nitrogens with two attached hydrogens (primary N) is 1. The molecule has 0 aliphatic heterocycles. The molecule has 0 amide bonds. The molecule has 0 aromatic carbocycles.